The second-order valence-corrected chi connectivity index (χ2v) is 7.26. The number of ether oxygens (including phenoxy) is 2. The van der Waals surface area contributed by atoms with Crippen molar-refractivity contribution in [1.29, 1.82) is 0 Å². The van der Waals surface area contributed by atoms with Crippen molar-refractivity contribution >= 4 is 23.7 Å². The minimum atomic E-state index is -0.451. The Bertz CT molecular complexity index is 882. The molecule has 0 fully saturated rings. The molecule has 2 aromatic carbocycles. The molecule has 140 valence electrons. The van der Waals surface area contributed by atoms with Crippen LogP contribution in [0.25, 0.3) is 11.1 Å². The van der Waals surface area contributed by atoms with E-state index in [4.69, 9.17) is 9.47 Å². The SMILES string of the molecule is C=C(C)C(=O)Oc1ccc(-c2ccc(OC(=O)C(=C)C)c(SCC)c2)cc1. The fourth-order valence-electron chi connectivity index (χ4n) is 2.14. The van der Waals surface area contributed by atoms with Crippen LogP contribution in [0.5, 0.6) is 11.5 Å². The van der Waals surface area contributed by atoms with Crippen LogP contribution in [0, 0.1) is 0 Å². The van der Waals surface area contributed by atoms with Crippen LogP contribution in [-0.4, -0.2) is 17.7 Å². The molecule has 2 aromatic rings. The smallest absolute Gasteiger partial charge is 0.338 e. The van der Waals surface area contributed by atoms with Crippen LogP contribution in [-0.2, 0) is 9.59 Å². The maximum atomic E-state index is 11.8. The van der Waals surface area contributed by atoms with Gasteiger partial charge in [-0.3, -0.25) is 0 Å². The predicted octanol–water partition coefficient (Wildman–Crippen LogP) is 5.43. The Morgan fingerprint density at radius 3 is 2.00 bits per heavy atom. The van der Waals surface area contributed by atoms with E-state index in [0.29, 0.717) is 22.6 Å². The zero-order valence-corrected chi connectivity index (χ0v) is 16.5. The van der Waals surface area contributed by atoms with Gasteiger partial charge in [0.05, 0.1) is 4.90 Å². The molecule has 27 heavy (non-hydrogen) atoms. The summed E-state index contributed by atoms with van der Waals surface area (Å²) in [6.07, 6.45) is 0. The molecular formula is C22H22O4S. The van der Waals surface area contributed by atoms with Crippen molar-refractivity contribution in [3.63, 3.8) is 0 Å². The van der Waals surface area contributed by atoms with Gasteiger partial charge in [-0.2, -0.15) is 0 Å². The van der Waals surface area contributed by atoms with Gasteiger partial charge in [0, 0.05) is 11.1 Å². The Morgan fingerprint density at radius 2 is 1.44 bits per heavy atom. The van der Waals surface area contributed by atoms with Crippen LogP contribution in [0.3, 0.4) is 0 Å². The zero-order valence-electron chi connectivity index (χ0n) is 15.7. The van der Waals surface area contributed by atoms with Crippen molar-refractivity contribution in [3.05, 3.63) is 66.8 Å². The Kier molecular flexibility index (Phi) is 7.02. The highest BCUT2D eigenvalue weighted by Crippen LogP contribution is 2.34. The van der Waals surface area contributed by atoms with Gasteiger partial charge in [-0.1, -0.05) is 38.3 Å². The van der Waals surface area contributed by atoms with Crippen molar-refractivity contribution in [2.45, 2.75) is 25.7 Å². The third-order valence-electron chi connectivity index (χ3n) is 3.54. The lowest BCUT2D eigenvalue weighted by molar-refractivity contribution is -0.131. The number of carbonyl (C=O) groups excluding carboxylic acids is 2. The first kappa shape index (κ1) is 20.5. The number of esters is 2. The number of hydrogen-bond acceptors (Lipinski definition) is 5. The average Bonchev–Trinajstić information content (AvgIpc) is 2.63. The van der Waals surface area contributed by atoms with Crippen LogP contribution >= 0.6 is 11.8 Å². The minimum Gasteiger partial charge on any atom is -0.423 e. The standard InChI is InChI=1S/C22H22O4S/c1-6-27-20-13-17(9-12-19(20)26-22(24)15(4)5)16-7-10-18(11-8-16)25-21(23)14(2)3/h7-13H,2,4,6H2,1,3,5H3. The highest BCUT2D eigenvalue weighted by molar-refractivity contribution is 7.99. The lowest BCUT2D eigenvalue weighted by Gasteiger charge is -2.12. The van der Waals surface area contributed by atoms with Crippen molar-refractivity contribution in [2.24, 2.45) is 0 Å². The first-order chi connectivity index (χ1) is 12.8. The van der Waals surface area contributed by atoms with E-state index in [1.807, 2.05) is 31.2 Å². The summed E-state index contributed by atoms with van der Waals surface area (Å²) in [6, 6.07) is 12.9. The van der Waals surface area contributed by atoms with E-state index in [0.717, 1.165) is 21.8 Å². The molecule has 0 saturated carbocycles. The number of thioether (sulfide) groups is 1. The number of rotatable bonds is 7. The monoisotopic (exact) mass is 382 g/mol. The van der Waals surface area contributed by atoms with Crippen LogP contribution in [0.15, 0.2) is 71.7 Å². The van der Waals surface area contributed by atoms with Gasteiger partial charge in [0.15, 0.2) is 0 Å². The molecule has 0 aliphatic rings. The topological polar surface area (TPSA) is 52.6 Å². The van der Waals surface area contributed by atoms with Crippen LogP contribution in [0.4, 0.5) is 0 Å². The summed E-state index contributed by atoms with van der Waals surface area (Å²) >= 11 is 1.59. The molecule has 0 spiro atoms. The summed E-state index contributed by atoms with van der Waals surface area (Å²) in [7, 11) is 0. The number of carbonyl (C=O) groups is 2. The molecule has 2 rings (SSSR count). The lowest BCUT2D eigenvalue weighted by atomic mass is 10.1. The van der Waals surface area contributed by atoms with E-state index in [2.05, 4.69) is 13.2 Å². The zero-order chi connectivity index (χ0) is 20.0. The molecule has 0 N–H and O–H groups in total. The molecule has 0 heterocycles. The van der Waals surface area contributed by atoms with E-state index >= 15 is 0 Å². The van der Waals surface area contributed by atoms with Crippen molar-refractivity contribution < 1.29 is 19.1 Å². The van der Waals surface area contributed by atoms with Gasteiger partial charge in [-0.15, -0.1) is 11.8 Å². The molecule has 0 amide bonds. The highest BCUT2D eigenvalue weighted by atomic mass is 32.2. The maximum Gasteiger partial charge on any atom is 0.338 e. The van der Waals surface area contributed by atoms with Gasteiger partial charge in [0.25, 0.3) is 0 Å². The molecule has 4 nitrogen and oxygen atoms in total. The van der Waals surface area contributed by atoms with E-state index in [1.54, 1.807) is 43.8 Å². The Labute approximate surface area is 163 Å². The third kappa shape index (κ3) is 5.59. The second kappa shape index (κ2) is 9.24. The molecule has 0 aliphatic carbocycles. The number of benzene rings is 2. The van der Waals surface area contributed by atoms with Gasteiger partial charge in [-0.25, -0.2) is 9.59 Å². The fourth-order valence-corrected chi connectivity index (χ4v) is 2.91. The largest absolute Gasteiger partial charge is 0.423 e. The summed E-state index contributed by atoms with van der Waals surface area (Å²) in [4.78, 5) is 24.3. The first-order valence-corrected chi connectivity index (χ1v) is 9.43. The van der Waals surface area contributed by atoms with Gasteiger partial charge < -0.3 is 9.47 Å². The Morgan fingerprint density at radius 1 is 0.889 bits per heavy atom. The Balaban J connectivity index is 2.26. The van der Waals surface area contributed by atoms with Gasteiger partial charge >= 0.3 is 11.9 Å². The van der Waals surface area contributed by atoms with E-state index in [9.17, 15) is 9.59 Å². The lowest BCUT2D eigenvalue weighted by Crippen LogP contribution is -2.09. The molecule has 0 unspecified atom stereocenters. The summed E-state index contributed by atoms with van der Waals surface area (Å²) in [5.74, 6) is 0.932. The Hall–Kier alpha value is -2.79. The van der Waals surface area contributed by atoms with Gasteiger partial charge in [0.1, 0.15) is 11.5 Å². The predicted molar refractivity (Wildman–Crippen MR) is 109 cm³/mol. The quantitative estimate of drug-likeness (QED) is 0.277. The molecule has 0 radical (unpaired) electrons. The van der Waals surface area contributed by atoms with Gasteiger partial charge in [-0.05, 0) is 55.0 Å². The molecule has 5 heteroatoms. The van der Waals surface area contributed by atoms with Crippen LogP contribution in [0.1, 0.15) is 20.8 Å². The molecule has 0 atom stereocenters. The van der Waals surface area contributed by atoms with E-state index < -0.39 is 11.9 Å². The molecule has 0 aliphatic heterocycles. The normalized spacial score (nSPS) is 10.2. The van der Waals surface area contributed by atoms with Crippen molar-refractivity contribution in [2.75, 3.05) is 5.75 Å². The molecular weight excluding hydrogens is 360 g/mol. The first-order valence-electron chi connectivity index (χ1n) is 8.44. The fraction of sp³-hybridized carbons (Fsp3) is 0.182. The minimum absolute atomic E-state index is 0.347. The third-order valence-corrected chi connectivity index (χ3v) is 4.46. The summed E-state index contributed by atoms with van der Waals surface area (Å²) in [5.41, 5.74) is 2.63. The van der Waals surface area contributed by atoms with Gasteiger partial charge in [0.2, 0.25) is 0 Å². The van der Waals surface area contributed by atoms with Crippen LogP contribution in [0.2, 0.25) is 0 Å². The summed E-state index contributed by atoms with van der Waals surface area (Å²) < 4.78 is 10.6. The number of hydrogen-bond donors (Lipinski definition) is 0. The summed E-state index contributed by atoms with van der Waals surface area (Å²) in [6.45, 7) is 12.4. The van der Waals surface area contributed by atoms with Crippen molar-refractivity contribution in [3.8, 4) is 22.6 Å². The van der Waals surface area contributed by atoms with E-state index in [-0.39, 0.29) is 0 Å². The summed E-state index contributed by atoms with van der Waals surface area (Å²) in [5, 5.41) is 0. The average molecular weight is 382 g/mol. The van der Waals surface area contributed by atoms with Crippen molar-refractivity contribution in [1.82, 2.24) is 0 Å². The maximum absolute atomic E-state index is 11.8. The molecule has 0 aromatic heterocycles. The van der Waals surface area contributed by atoms with E-state index in [1.165, 1.54) is 0 Å². The molecule has 0 saturated heterocycles. The van der Waals surface area contributed by atoms with Crippen LogP contribution < -0.4 is 9.47 Å². The second-order valence-electron chi connectivity index (χ2n) is 5.96. The molecule has 0 bridgehead atoms. The highest BCUT2D eigenvalue weighted by Gasteiger charge is 2.12.